The lowest BCUT2D eigenvalue weighted by Crippen LogP contribution is -2.19. The van der Waals surface area contributed by atoms with Gasteiger partial charge in [0, 0.05) is 12.4 Å². The number of carbonyl (C=O) groups excluding carboxylic acids is 1. The first-order chi connectivity index (χ1) is 6.29. The van der Waals surface area contributed by atoms with E-state index in [1.165, 1.54) is 4.57 Å². The maximum absolute atomic E-state index is 11.2. The van der Waals surface area contributed by atoms with Crippen molar-refractivity contribution in [1.82, 2.24) is 4.57 Å². The number of hydrogen-bond donors (Lipinski definition) is 0. The molecule has 0 saturated heterocycles. The van der Waals surface area contributed by atoms with Crippen molar-refractivity contribution in [3.63, 3.8) is 0 Å². The highest BCUT2D eigenvalue weighted by atomic mass is 16.5. The smallest absolute Gasteiger partial charge is 0.344 e. The highest BCUT2D eigenvalue weighted by molar-refractivity contribution is 5.77. The first-order valence-corrected chi connectivity index (χ1v) is 3.98. The second kappa shape index (κ2) is 4.31. The first-order valence-electron chi connectivity index (χ1n) is 3.98. The maximum atomic E-state index is 11.2. The normalized spacial score (nSPS) is 11.7. The van der Waals surface area contributed by atoms with Crippen molar-refractivity contribution in [2.24, 2.45) is 0 Å². The largest absolute Gasteiger partial charge is 0.464 e. The van der Waals surface area contributed by atoms with Crippen molar-refractivity contribution in [2.75, 3.05) is 6.61 Å². The minimum atomic E-state index is -0.866. The molecule has 13 heavy (non-hydrogen) atoms. The van der Waals surface area contributed by atoms with E-state index in [2.05, 4.69) is 0 Å². The summed E-state index contributed by atoms with van der Waals surface area (Å²) in [5.41, 5.74) is 0. The Hall–Kier alpha value is -1.76. The van der Waals surface area contributed by atoms with E-state index in [-0.39, 0.29) is 6.61 Å². The van der Waals surface area contributed by atoms with Gasteiger partial charge in [-0.1, -0.05) is 0 Å². The van der Waals surface area contributed by atoms with E-state index in [0.29, 0.717) is 0 Å². The van der Waals surface area contributed by atoms with E-state index < -0.39 is 12.0 Å². The number of ether oxygens (including phenoxy) is 1. The van der Waals surface area contributed by atoms with Crippen LogP contribution in [0.25, 0.3) is 0 Å². The second-order valence-electron chi connectivity index (χ2n) is 2.41. The minimum Gasteiger partial charge on any atom is -0.464 e. The molecule has 0 saturated carbocycles. The number of nitrogens with zero attached hydrogens (tertiary/aromatic N) is 2. The number of hydrogen-bond acceptors (Lipinski definition) is 3. The molecule has 1 aromatic heterocycles. The van der Waals surface area contributed by atoms with Gasteiger partial charge < -0.3 is 9.30 Å². The van der Waals surface area contributed by atoms with E-state index in [1.807, 2.05) is 6.07 Å². The van der Waals surface area contributed by atoms with Gasteiger partial charge in [0.05, 0.1) is 12.7 Å². The van der Waals surface area contributed by atoms with Crippen molar-refractivity contribution >= 4 is 5.97 Å². The molecule has 1 atom stereocenters. The van der Waals surface area contributed by atoms with Gasteiger partial charge >= 0.3 is 5.97 Å². The molecule has 0 N–H and O–H groups in total. The maximum Gasteiger partial charge on any atom is 0.344 e. The fraction of sp³-hybridized carbons (Fsp3) is 0.333. The van der Waals surface area contributed by atoms with E-state index in [4.69, 9.17) is 10.00 Å². The predicted molar refractivity (Wildman–Crippen MR) is 45.7 cm³/mol. The summed E-state index contributed by atoms with van der Waals surface area (Å²) >= 11 is 0. The number of carbonyl (C=O) groups is 1. The van der Waals surface area contributed by atoms with Gasteiger partial charge in [-0.25, -0.2) is 4.79 Å². The van der Waals surface area contributed by atoms with Crippen LogP contribution in [0.4, 0.5) is 0 Å². The third-order valence-electron chi connectivity index (χ3n) is 1.56. The zero-order valence-corrected chi connectivity index (χ0v) is 7.30. The van der Waals surface area contributed by atoms with Crippen molar-refractivity contribution < 1.29 is 9.53 Å². The van der Waals surface area contributed by atoms with E-state index in [1.54, 1.807) is 31.5 Å². The monoisotopic (exact) mass is 178 g/mol. The van der Waals surface area contributed by atoms with Gasteiger partial charge in [0.2, 0.25) is 6.04 Å². The second-order valence-corrected chi connectivity index (χ2v) is 2.41. The van der Waals surface area contributed by atoms with Gasteiger partial charge in [0.1, 0.15) is 0 Å². The van der Waals surface area contributed by atoms with Crippen molar-refractivity contribution in [3.05, 3.63) is 24.5 Å². The molecule has 0 aliphatic carbocycles. The Labute approximate surface area is 76.3 Å². The number of esters is 1. The van der Waals surface area contributed by atoms with E-state index in [0.717, 1.165) is 0 Å². The summed E-state index contributed by atoms with van der Waals surface area (Å²) in [5.74, 6) is -0.513. The zero-order chi connectivity index (χ0) is 9.68. The molecule has 0 aliphatic heterocycles. The molecule has 0 aliphatic rings. The molecule has 4 heteroatoms. The molecule has 1 rings (SSSR count). The molecule has 0 spiro atoms. The van der Waals surface area contributed by atoms with Crippen molar-refractivity contribution in [2.45, 2.75) is 13.0 Å². The zero-order valence-electron chi connectivity index (χ0n) is 7.30. The fourth-order valence-corrected chi connectivity index (χ4v) is 0.982. The van der Waals surface area contributed by atoms with Crippen LogP contribution < -0.4 is 0 Å². The molecule has 1 unspecified atom stereocenters. The van der Waals surface area contributed by atoms with Crippen LogP contribution >= 0.6 is 0 Å². The van der Waals surface area contributed by atoms with Crippen LogP contribution in [0.15, 0.2) is 24.5 Å². The van der Waals surface area contributed by atoms with Gasteiger partial charge in [0.25, 0.3) is 0 Å². The van der Waals surface area contributed by atoms with Crippen LogP contribution in [0.5, 0.6) is 0 Å². The summed E-state index contributed by atoms with van der Waals surface area (Å²) in [5, 5.41) is 8.72. The van der Waals surface area contributed by atoms with Crippen LogP contribution in [0.3, 0.4) is 0 Å². The fourth-order valence-electron chi connectivity index (χ4n) is 0.982. The minimum absolute atomic E-state index is 0.290. The Kier molecular flexibility index (Phi) is 3.09. The van der Waals surface area contributed by atoms with Crippen LogP contribution in [-0.4, -0.2) is 17.1 Å². The summed E-state index contributed by atoms with van der Waals surface area (Å²) in [7, 11) is 0. The third-order valence-corrected chi connectivity index (χ3v) is 1.56. The lowest BCUT2D eigenvalue weighted by atomic mass is 10.3. The molecule has 0 radical (unpaired) electrons. The van der Waals surface area contributed by atoms with Crippen LogP contribution in [0.2, 0.25) is 0 Å². The number of rotatable bonds is 3. The number of nitriles is 1. The summed E-state index contributed by atoms with van der Waals surface area (Å²) in [4.78, 5) is 11.2. The first kappa shape index (κ1) is 9.33. The van der Waals surface area contributed by atoms with Gasteiger partial charge in [-0.05, 0) is 19.1 Å². The molecule has 1 aromatic rings. The van der Waals surface area contributed by atoms with Gasteiger partial charge in [0.15, 0.2) is 0 Å². The van der Waals surface area contributed by atoms with Gasteiger partial charge in [-0.15, -0.1) is 0 Å². The number of aromatic nitrogens is 1. The molecule has 1 heterocycles. The summed E-state index contributed by atoms with van der Waals surface area (Å²) < 4.78 is 6.25. The van der Waals surface area contributed by atoms with Gasteiger partial charge in [-0.3, -0.25) is 0 Å². The van der Waals surface area contributed by atoms with Crippen LogP contribution in [0.1, 0.15) is 13.0 Å². The predicted octanol–water partition coefficient (Wildman–Crippen LogP) is 1.12. The van der Waals surface area contributed by atoms with E-state index >= 15 is 0 Å². The average Bonchev–Trinajstić information content (AvgIpc) is 2.59. The molecule has 0 amide bonds. The summed E-state index contributed by atoms with van der Waals surface area (Å²) in [6.45, 7) is 2.00. The molecule has 0 bridgehead atoms. The molecule has 4 nitrogen and oxygen atoms in total. The Morgan fingerprint density at radius 2 is 2.23 bits per heavy atom. The summed E-state index contributed by atoms with van der Waals surface area (Å²) in [6, 6.07) is 4.52. The Balaban J connectivity index is 2.76. The molecule has 0 aromatic carbocycles. The topological polar surface area (TPSA) is 55.0 Å². The highest BCUT2D eigenvalue weighted by Crippen LogP contribution is 2.07. The van der Waals surface area contributed by atoms with Crippen LogP contribution in [0, 0.1) is 11.3 Å². The van der Waals surface area contributed by atoms with Crippen molar-refractivity contribution in [1.29, 1.82) is 5.26 Å². The molecular formula is C9H10N2O2. The molecule has 68 valence electrons. The SMILES string of the molecule is CCOC(=O)C(C#N)n1cccc1. The Morgan fingerprint density at radius 1 is 1.62 bits per heavy atom. The quantitative estimate of drug-likeness (QED) is 0.651. The lowest BCUT2D eigenvalue weighted by molar-refractivity contribution is -0.145. The Morgan fingerprint density at radius 3 is 2.69 bits per heavy atom. The summed E-state index contributed by atoms with van der Waals surface area (Å²) in [6.07, 6.45) is 3.32. The van der Waals surface area contributed by atoms with E-state index in [9.17, 15) is 4.79 Å². The molecular weight excluding hydrogens is 168 g/mol. The highest BCUT2D eigenvalue weighted by Gasteiger charge is 2.19. The average molecular weight is 178 g/mol. The van der Waals surface area contributed by atoms with Gasteiger partial charge in [-0.2, -0.15) is 5.26 Å². The molecule has 0 fully saturated rings. The Bertz CT molecular complexity index is 311. The lowest BCUT2D eigenvalue weighted by Gasteiger charge is -2.08. The van der Waals surface area contributed by atoms with Crippen LogP contribution in [-0.2, 0) is 9.53 Å². The third kappa shape index (κ3) is 2.09. The van der Waals surface area contributed by atoms with Crippen molar-refractivity contribution in [3.8, 4) is 6.07 Å². The standard InChI is InChI=1S/C9H10N2O2/c1-2-13-9(12)8(7-10)11-5-3-4-6-11/h3-6,8H,2H2,1H3.